The number of aromatic nitrogens is 2. The van der Waals surface area contributed by atoms with Gasteiger partial charge < -0.3 is 19.9 Å². The van der Waals surface area contributed by atoms with Crippen molar-refractivity contribution in [2.75, 3.05) is 20.0 Å². The smallest absolute Gasteiger partial charge is 0.318 e. The highest BCUT2D eigenvalue weighted by atomic mass is 35.5. The number of hydrogen-bond acceptors (Lipinski definition) is 6. The number of nitrogen functional groups attached to an aromatic ring is 1. The van der Waals surface area contributed by atoms with Crippen molar-refractivity contribution in [2.45, 2.75) is 6.61 Å². The Morgan fingerprint density at radius 1 is 1.29 bits per heavy atom. The molecular formula is C13H13ClFN3O3. The highest BCUT2D eigenvalue weighted by Crippen LogP contribution is 2.37. The third-order valence-corrected chi connectivity index (χ3v) is 3.09. The second-order valence-electron chi connectivity index (χ2n) is 3.95. The lowest BCUT2D eigenvalue weighted by Crippen LogP contribution is -2.04. The first-order chi connectivity index (χ1) is 10.1. The number of methoxy groups -OCH3 is 2. The van der Waals surface area contributed by atoms with Gasteiger partial charge in [0.1, 0.15) is 6.61 Å². The van der Waals surface area contributed by atoms with Crippen LogP contribution in [0.3, 0.4) is 0 Å². The Labute approximate surface area is 125 Å². The molecule has 0 fully saturated rings. The molecule has 0 saturated heterocycles. The second kappa shape index (κ2) is 6.45. The number of anilines is 1. The summed E-state index contributed by atoms with van der Waals surface area (Å²) in [5.74, 6) is -0.0711. The fraction of sp³-hybridized carbons (Fsp3) is 0.231. The van der Waals surface area contributed by atoms with Crippen molar-refractivity contribution in [3.8, 4) is 17.5 Å². The highest BCUT2D eigenvalue weighted by molar-refractivity contribution is 6.33. The van der Waals surface area contributed by atoms with E-state index in [1.54, 1.807) is 12.1 Å². The van der Waals surface area contributed by atoms with Gasteiger partial charge in [0.25, 0.3) is 0 Å². The van der Waals surface area contributed by atoms with E-state index in [1.807, 2.05) is 0 Å². The summed E-state index contributed by atoms with van der Waals surface area (Å²) in [6, 6.07) is 3.37. The first-order valence-corrected chi connectivity index (χ1v) is 6.24. The van der Waals surface area contributed by atoms with Crippen LogP contribution in [0.25, 0.3) is 0 Å². The van der Waals surface area contributed by atoms with Gasteiger partial charge in [-0.15, -0.1) is 0 Å². The molecule has 2 rings (SSSR count). The van der Waals surface area contributed by atoms with E-state index >= 15 is 0 Å². The van der Waals surface area contributed by atoms with E-state index in [9.17, 15) is 4.39 Å². The van der Waals surface area contributed by atoms with Gasteiger partial charge in [0, 0.05) is 5.56 Å². The van der Waals surface area contributed by atoms with E-state index < -0.39 is 5.82 Å². The van der Waals surface area contributed by atoms with Crippen molar-refractivity contribution in [3.05, 3.63) is 34.7 Å². The van der Waals surface area contributed by atoms with Crippen LogP contribution >= 0.6 is 11.6 Å². The Morgan fingerprint density at radius 3 is 2.67 bits per heavy atom. The fourth-order valence-electron chi connectivity index (χ4n) is 1.62. The largest absolute Gasteiger partial charge is 0.493 e. The molecule has 0 amide bonds. The Balaban J connectivity index is 2.18. The standard InChI is InChI=1S/C13H13ClFN3O3/c1-19-9-4-3-7(10(14)11(9)20-2)6-21-13-17-5-8(15)12(16)18-13/h3-5H,6H2,1-2H3,(H2,16,17,18). The molecule has 0 atom stereocenters. The van der Waals surface area contributed by atoms with E-state index in [2.05, 4.69) is 9.97 Å². The zero-order valence-electron chi connectivity index (χ0n) is 11.4. The van der Waals surface area contributed by atoms with Crippen molar-refractivity contribution in [1.82, 2.24) is 9.97 Å². The molecule has 6 nitrogen and oxygen atoms in total. The van der Waals surface area contributed by atoms with Crippen molar-refractivity contribution < 1.29 is 18.6 Å². The lowest BCUT2D eigenvalue weighted by Gasteiger charge is -2.13. The molecule has 0 bridgehead atoms. The summed E-state index contributed by atoms with van der Waals surface area (Å²) in [7, 11) is 3.00. The minimum atomic E-state index is -0.702. The molecule has 2 aromatic rings. The van der Waals surface area contributed by atoms with E-state index in [-0.39, 0.29) is 18.4 Å². The van der Waals surface area contributed by atoms with Crippen molar-refractivity contribution in [3.63, 3.8) is 0 Å². The predicted molar refractivity (Wildman–Crippen MR) is 75.3 cm³/mol. The SMILES string of the molecule is COc1ccc(COc2ncc(F)c(N)n2)c(Cl)c1OC. The van der Waals surface area contributed by atoms with Crippen LogP contribution in [0.5, 0.6) is 17.5 Å². The van der Waals surface area contributed by atoms with Crippen LogP contribution in [-0.2, 0) is 6.61 Å². The maximum Gasteiger partial charge on any atom is 0.318 e. The molecule has 0 unspecified atom stereocenters. The summed E-state index contributed by atoms with van der Waals surface area (Å²) >= 11 is 6.21. The number of hydrogen-bond donors (Lipinski definition) is 1. The lowest BCUT2D eigenvalue weighted by molar-refractivity contribution is 0.278. The van der Waals surface area contributed by atoms with E-state index in [0.717, 1.165) is 6.20 Å². The normalized spacial score (nSPS) is 10.3. The highest BCUT2D eigenvalue weighted by Gasteiger charge is 2.14. The predicted octanol–water partition coefficient (Wildman–Crippen LogP) is 2.45. The molecule has 1 aromatic heterocycles. The minimum absolute atomic E-state index is 0.0419. The van der Waals surface area contributed by atoms with Crippen LogP contribution in [0.4, 0.5) is 10.2 Å². The molecule has 0 radical (unpaired) electrons. The number of rotatable bonds is 5. The van der Waals surface area contributed by atoms with Crippen LogP contribution in [0.2, 0.25) is 5.02 Å². The number of nitrogens with two attached hydrogens (primary N) is 1. The summed E-state index contributed by atoms with van der Waals surface area (Å²) in [5.41, 5.74) is 5.97. The van der Waals surface area contributed by atoms with Crippen LogP contribution < -0.4 is 19.9 Å². The van der Waals surface area contributed by atoms with Crippen LogP contribution in [0.15, 0.2) is 18.3 Å². The monoisotopic (exact) mass is 313 g/mol. The quantitative estimate of drug-likeness (QED) is 0.913. The van der Waals surface area contributed by atoms with Gasteiger partial charge in [-0.1, -0.05) is 17.7 Å². The van der Waals surface area contributed by atoms with Crippen LogP contribution in [0.1, 0.15) is 5.56 Å². The Morgan fingerprint density at radius 2 is 2.05 bits per heavy atom. The van der Waals surface area contributed by atoms with E-state index in [0.29, 0.717) is 22.1 Å². The van der Waals surface area contributed by atoms with Crippen LogP contribution in [0, 0.1) is 5.82 Å². The molecule has 21 heavy (non-hydrogen) atoms. The number of nitrogens with zero attached hydrogens (tertiary/aromatic N) is 2. The third-order valence-electron chi connectivity index (χ3n) is 2.67. The molecule has 0 spiro atoms. The molecule has 0 aliphatic heterocycles. The van der Waals surface area contributed by atoms with Gasteiger partial charge in [0.2, 0.25) is 0 Å². The molecule has 2 N–H and O–H groups in total. The third kappa shape index (κ3) is 3.25. The zero-order valence-corrected chi connectivity index (χ0v) is 12.1. The summed E-state index contributed by atoms with van der Waals surface area (Å²) < 4.78 is 28.6. The number of benzene rings is 1. The molecule has 0 saturated carbocycles. The summed E-state index contributed by atoms with van der Waals surface area (Å²) in [4.78, 5) is 7.34. The van der Waals surface area contributed by atoms with E-state index in [4.69, 9.17) is 31.5 Å². The van der Waals surface area contributed by atoms with Crippen molar-refractivity contribution in [2.24, 2.45) is 0 Å². The fourth-order valence-corrected chi connectivity index (χ4v) is 1.90. The Hall–Kier alpha value is -2.28. The molecular weight excluding hydrogens is 301 g/mol. The summed E-state index contributed by atoms with van der Waals surface area (Å²) in [6.07, 6.45) is 0.938. The topological polar surface area (TPSA) is 79.5 Å². The average Bonchev–Trinajstić information content (AvgIpc) is 2.49. The van der Waals surface area contributed by atoms with Crippen molar-refractivity contribution >= 4 is 17.4 Å². The molecule has 8 heteroatoms. The molecule has 112 valence electrons. The molecule has 1 aromatic carbocycles. The van der Waals surface area contributed by atoms with Gasteiger partial charge in [-0.3, -0.25) is 0 Å². The van der Waals surface area contributed by atoms with Gasteiger partial charge in [-0.25, -0.2) is 9.37 Å². The average molecular weight is 314 g/mol. The number of halogens is 2. The number of ether oxygens (including phenoxy) is 3. The summed E-state index contributed by atoms with van der Waals surface area (Å²) in [5, 5.41) is 0.354. The van der Waals surface area contributed by atoms with E-state index in [1.165, 1.54) is 14.2 Å². The maximum atomic E-state index is 13.0. The zero-order chi connectivity index (χ0) is 15.4. The maximum absolute atomic E-state index is 13.0. The van der Waals surface area contributed by atoms with Gasteiger partial charge in [-0.2, -0.15) is 4.98 Å². The minimum Gasteiger partial charge on any atom is -0.493 e. The Kier molecular flexibility index (Phi) is 4.64. The van der Waals surface area contributed by atoms with Gasteiger partial charge >= 0.3 is 6.01 Å². The first-order valence-electron chi connectivity index (χ1n) is 5.87. The summed E-state index contributed by atoms with van der Waals surface area (Å²) in [6.45, 7) is 0.0737. The molecule has 0 aliphatic carbocycles. The molecule has 1 heterocycles. The van der Waals surface area contributed by atoms with Crippen molar-refractivity contribution in [1.29, 1.82) is 0 Å². The first kappa shape index (κ1) is 15.1. The van der Waals surface area contributed by atoms with Gasteiger partial charge in [-0.05, 0) is 6.07 Å². The van der Waals surface area contributed by atoms with Gasteiger partial charge in [0.15, 0.2) is 23.1 Å². The Bertz CT molecular complexity index is 655. The van der Waals surface area contributed by atoms with Crippen LogP contribution in [-0.4, -0.2) is 24.2 Å². The molecule has 0 aliphatic rings. The lowest BCUT2D eigenvalue weighted by atomic mass is 10.2. The van der Waals surface area contributed by atoms with Gasteiger partial charge in [0.05, 0.1) is 25.4 Å². The second-order valence-corrected chi connectivity index (χ2v) is 4.33.